The average molecular weight is 344 g/mol. The van der Waals surface area contributed by atoms with Crippen LogP contribution in [0.15, 0.2) is 28.8 Å². The van der Waals surface area contributed by atoms with E-state index in [0.29, 0.717) is 11.5 Å². The molecule has 0 aliphatic heterocycles. The van der Waals surface area contributed by atoms with Crippen LogP contribution in [0.2, 0.25) is 0 Å². The summed E-state index contributed by atoms with van der Waals surface area (Å²) in [6.07, 6.45) is -5.32. The van der Waals surface area contributed by atoms with Crippen LogP contribution < -0.4 is 9.64 Å². The molecule has 2 aromatic rings. The zero-order valence-corrected chi connectivity index (χ0v) is 13.6. The quantitative estimate of drug-likeness (QED) is 0.872. The summed E-state index contributed by atoms with van der Waals surface area (Å²) in [5, 5.41) is 13.9. The highest BCUT2D eigenvalue weighted by Crippen LogP contribution is 2.31. The zero-order chi connectivity index (χ0) is 17.9. The average Bonchev–Trinajstić information content (AvgIpc) is 2.83. The van der Waals surface area contributed by atoms with E-state index in [1.54, 1.807) is 25.8 Å². The molecule has 0 aliphatic rings. The number of halogens is 3. The summed E-state index contributed by atoms with van der Waals surface area (Å²) in [5.74, 6) is 0.685. The Kier molecular flexibility index (Phi) is 5.38. The Morgan fingerprint density at radius 2 is 2.04 bits per heavy atom. The van der Waals surface area contributed by atoms with Crippen LogP contribution in [-0.4, -0.2) is 36.6 Å². The molecule has 0 saturated carbocycles. The second kappa shape index (κ2) is 7.12. The number of alkyl halides is 3. The molecule has 0 saturated heterocycles. The SMILES string of the molecule is Cc1noc(C)c1N(C)CC(O)COc1cccc(C(F)(F)F)c1. The van der Waals surface area contributed by atoms with Crippen LogP contribution in [0, 0.1) is 13.8 Å². The van der Waals surface area contributed by atoms with Crippen molar-refractivity contribution in [3.8, 4) is 5.75 Å². The van der Waals surface area contributed by atoms with Crippen LogP contribution in [0.4, 0.5) is 18.9 Å². The molecule has 132 valence electrons. The minimum Gasteiger partial charge on any atom is -0.491 e. The first-order chi connectivity index (χ1) is 11.2. The fraction of sp³-hybridized carbons (Fsp3) is 0.438. The Balaban J connectivity index is 1.93. The van der Waals surface area contributed by atoms with Gasteiger partial charge in [0.25, 0.3) is 0 Å². The van der Waals surface area contributed by atoms with Gasteiger partial charge in [0, 0.05) is 13.6 Å². The summed E-state index contributed by atoms with van der Waals surface area (Å²) >= 11 is 0. The number of aryl methyl sites for hydroxylation is 2. The molecule has 0 spiro atoms. The summed E-state index contributed by atoms with van der Waals surface area (Å²) in [4.78, 5) is 1.77. The van der Waals surface area contributed by atoms with E-state index in [4.69, 9.17) is 9.26 Å². The van der Waals surface area contributed by atoms with Crippen molar-refractivity contribution in [1.82, 2.24) is 5.16 Å². The van der Waals surface area contributed by atoms with Gasteiger partial charge in [-0.1, -0.05) is 11.2 Å². The van der Waals surface area contributed by atoms with E-state index in [0.717, 1.165) is 17.8 Å². The van der Waals surface area contributed by atoms with Crippen LogP contribution in [-0.2, 0) is 6.18 Å². The van der Waals surface area contributed by atoms with Crippen molar-refractivity contribution in [2.45, 2.75) is 26.1 Å². The number of hydrogen-bond acceptors (Lipinski definition) is 5. The first-order valence-electron chi connectivity index (χ1n) is 7.30. The first-order valence-corrected chi connectivity index (χ1v) is 7.30. The maximum absolute atomic E-state index is 12.6. The van der Waals surface area contributed by atoms with E-state index in [9.17, 15) is 18.3 Å². The Labute approximate surface area is 137 Å². The summed E-state index contributed by atoms with van der Waals surface area (Å²) < 4.78 is 48.3. The van der Waals surface area contributed by atoms with E-state index in [1.807, 2.05) is 0 Å². The molecule has 1 aromatic heterocycles. The summed E-state index contributed by atoms with van der Waals surface area (Å²) in [6, 6.07) is 4.56. The van der Waals surface area contributed by atoms with Gasteiger partial charge in [0.1, 0.15) is 29.8 Å². The van der Waals surface area contributed by atoms with Crippen LogP contribution in [0.1, 0.15) is 17.0 Å². The number of aliphatic hydroxyl groups is 1. The molecule has 1 atom stereocenters. The molecule has 0 aliphatic carbocycles. The fourth-order valence-corrected chi connectivity index (χ4v) is 2.44. The Hall–Kier alpha value is -2.22. The van der Waals surface area contributed by atoms with Gasteiger partial charge in [0.05, 0.1) is 5.56 Å². The molecule has 2 rings (SSSR count). The number of hydrogen-bond donors (Lipinski definition) is 1. The molecule has 0 amide bonds. The van der Waals surface area contributed by atoms with E-state index >= 15 is 0 Å². The lowest BCUT2D eigenvalue weighted by molar-refractivity contribution is -0.137. The second-order valence-corrected chi connectivity index (χ2v) is 5.54. The number of likely N-dealkylation sites (N-methyl/N-ethyl adjacent to an activating group) is 1. The number of rotatable bonds is 6. The smallest absolute Gasteiger partial charge is 0.416 e. The highest BCUT2D eigenvalue weighted by atomic mass is 19.4. The van der Waals surface area contributed by atoms with Gasteiger partial charge in [-0.2, -0.15) is 13.2 Å². The van der Waals surface area contributed by atoms with Crippen molar-refractivity contribution in [1.29, 1.82) is 0 Å². The molecule has 1 aromatic carbocycles. The minimum atomic E-state index is -4.43. The monoisotopic (exact) mass is 344 g/mol. The Morgan fingerprint density at radius 3 is 2.62 bits per heavy atom. The molecule has 1 N–H and O–H groups in total. The van der Waals surface area contributed by atoms with E-state index in [2.05, 4.69) is 5.16 Å². The zero-order valence-electron chi connectivity index (χ0n) is 13.6. The molecule has 1 unspecified atom stereocenters. The topological polar surface area (TPSA) is 58.7 Å². The molecule has 0 bridgehead atoms. The van der Waals surface area contributed by atoms with Gasteiger partial charge < -0.3 is 19.3 Å². The van der Waals surface area contributed by atoms with Crippen molar-refractivity contribution in [2.75, 3.05) is 25.1 Å². The van der Waals surface area contributed by atoms with E-state index in [1.165, 1.54) is 12.1 Å². The third kappa shape index (κ3) is 4.41. The first kappa shape index (κ1) is 18.1. The van der Waals surface area contributed by atoms with Crippen LogP contribution >= 0.6 is 0 Å². The highest BCUT2D eigenvalue weighted by molar-refractivity contribution is 5.52. The maximum Gasteiger partial charge on any atom is 0.416 e. The fourth-order valence-electron chi connectivity index (χ4n) is 2.44. The van der Waals surface area contributed by atoms with Gasteiger partial charge in [0.2, 0.25) is 0 Å². The van der Waals surface area contributed by atoms with Crippen molar-refractivity contribution in [2.24, 2.45) is 0 Å². The van der Waals surface area contributed by atoms with Crippen LogP contribution in [0.3, 0.4) is 0 Å². The molecule has 0 radical (unpaired) electrons. The van der Waals surface area contributed by atoms with Gasteiger partial charge in [-0.15, -0.1) is 0 Å². The maximum atomic E-state index is 12.6. The number of ether oxygens (including phenoxy) is 1. The number of aromatic nitrogens is 1. The number of anilines is 1. The summed E-state index contributed by atoms with van der Waals surface area (Å²) in [6.45, 7) is 3.64. The summed E-state index contributed by atoms with van der Waals surface area (Å²) in [5.41, 5.74) is 0.677. The number of nitrogens with zero attached hydrogens (tertiary/aromatic N) is 2. The number of benzene rings is 1. The lowest BCUT2D eigenvalue weighted by Crippen LogP contribution is -2.33. The Bertz CT molecular complexity index is 666. The normalized spacial score (nSPS) is 13.0. The van der Waals surface area contributed by atoms with Crippen molar-refractivity contribution < 1.29 is 27.5 Å². The van der Waals surface area contributed by atoms with Crippen molar-refractivity contribution in [3.05, 3.63) is 41.3 Å². The lowest BCUT2D eigenvalue weighted by Gasteiger charge is -2.22. The predicted molar refractivity (Wildman–Crippen MR) is 82.2 cm³/mol. The molecular formula is C16H19F3N2O3. The van der Waals surface area contributed by atoms with Crippen molar-refractivity contribution in [3.63, 3.8) is 0 Å². The molecule has 24 heavy (non-hydrogen) atoms. The van der Waals surface area contributed by atoms with Gasteiger partial charge in [0.15, 0.2) is 5.76 Å². The van der Waals surface area contributed by atoms with Gasteiger partial charge in [-0.3, -0.25) is 0 Å². The van der Waals surface area contributed by atoms with Crippen LogP contribution in [0.25, 0.3) is 0 Å². The third-order valence-corrected chi connectivity index (χ3v) is 3.47. The lowest BCUT2D eigenvalue weighted by atomic mass is 10.2. The number of aliphatic hydroxyl groups excluding tert-OH is 1. The second-order valence-electron chi connectivity index (χ2n) is 5.54. The van der Waals surface area contributed by atoms with Crippen molar-refractivity contribution >= 4 is 5.69 Å². The van der Waals surface area contributed by atoms with Gasteiger partial charge in [-0.05, 0) is 32.0 Å². The van der Waals surface area contributed by atoms with E-state index in [-0.39, 0.29) is 18.9 Å². The van der Waals surface area contributed by atoms with E-state index < -0.39 is 17.8 Å². The molecule has 1 heterocycles. The minimum absolute atomic E-state index is 0.0591. The molecule has 8 heteroatoms. The molecule has 0 fully saturated rings. The highest BCUT2D eigenvalue weighted by Gasteiger charge is 2.30. The summed E-state index contributed by atoms with van der Waals surface area (Å²) in [7, 11) is 1.76. The third-order valence-electron chi connectivity index (χ3n) is 3.47. The Morgan fingerprint density at radius 1 is 1.33 bits per heavy atom. The van der Waals surface area contributed by atoms with Crippen LogP contribution in [0.5, 0.6) is 5.75 Å². The van der Waals surface area contributed by atoms with Gasteiger partial charge >= 0.3 is 6.18 Å². The molecular weight excluding hydrogens is 325 g/mol. The predicted octanol–water partition coefficient (Wildman–Crippen LogP) is 3.19. The standard InChI is InChI=1S/C16H19F3N2O3/c1-10-15(11(2)24-20-10)21(3)8-13(22)9-23-14-6-4-5-12(7-14)16(17,18)19/h4-7,13,22H,8-9H2,1-3H3. The van der Waals surface area contributed by atoms with Gasteiger partial charge in [-0.25, -0.2) is 0 Å². The molecule has 5 nitrogen and oxygen atoms in total. The largest absolute Gasteiger partial charge is 0.491 e.